The third kappa shape index (κ3) is 4.58. The van der Waals surface area contributed by atoms with Crippen molar-refractivity contribution in [3.63, 3.8) is 0 Å². The first-order valence-corrected chi connectivity index (χ1v) is 10.3. The molecule has 3 N–H and O–H groups in total. The summed E-state index contributed by atoms with van der Waals surface area (Å²) in [5, 5.41) is 19.8. The number of amides is 1. The molecule has 2 aromatic carbocycles. The average Bonchev–Trinajstić information content (AvgIpc) is 3.17. The zero-order chi connectivity index (χ0) is 23.0. The molecule has 168 valence electrons. The van der Waals surface area contributed by atoms with Gasteiger partial charge in [0.05, 0.1) is 12.1 Å². The van der Waals surface area contributed by atoms with E-state index in [2.05, 4.69) is 15.7 Å². The van der Waals surface area contributed by atoms with Crippen molar-refractivity contribution >= 4 is 29.0 Å². The number of benzene rings is 2. The number of carbonyl (C=O) groups is 1. The van der Waals surface area contributed by atoms with Crippen LogP contribution in [0, 0.1) is 0 Å². The highest BCUT2D eigenvalue weighted by Gasteiger charge is 2.46. The lowest BCUT2D eigenvalue weighted by Crippen LogP contribution is -2.35. The minimum atomic E-state index is -4.55. The van der Waals surface area contributed by atoms with Crippen molar-refractivity contribution in [1.29, 1.82) is 0 Å². The summed E-state index contributed by atoms with van der Waals surface area (Å²) in [4.78, 5) is 12.7. The number of hydrogen-bond acceptors (Lipinski definition) is 4. The van der Waals surface area contributed by atoms with Crippen LogP contribution in [0.15, 0.2) is 54.6 Å². The van der Waals surface area contributed by atoms with Gasteiger partial charge >= 0.3 is 6.18 Å². The molecule has 3 aromatic rings. The van der Waals surface area contributed by atoms with Gasteiger partial charge in [-0.05, 0) is 42.3 Å². The van der Waals surface area contributed by atoms with Gasteiger partial charge in [-0.25, -0.2) is 4.68 Å². The molecule has 0 spiro atoms. The second-order valence-electron chi connectivity index (χ2n) is 7.66. The first-order chi connectivity index (χ1) is 15.1. The van der Waals surface area contributed by atoms with Crippen molar-refractivity contribution in [2.45, 2.75) is 37.7 Å². The van der Waals surface area contributed by atoms with Crippen LogP contribution in [0.5, 0.6) is 0 Å². The number of hydrogen-bond donors (Lipinski definition) is 3. The van der Waals surface area contributed by atoms with Crippen LogP contribution in [0.4, 0.5) is 24.7 Å². The molecule has 2 heterocycles. The monoisotopic (exact) mass is 464 g/mol. The number of aliphatic hydroxyl groups excluding tert-OH is 1. The minimum absolute atomic E-state index is 0.0985. The van der Waals surface area contributed by atoms with Crippen molar-refractivity contribution in [1.82, 2.24) is 9.78 Å². The van der Waals surface area contributed by atoms with Gasteiger partial charge in [0.15, 0.2) is 11.7 Å². The Balaban J connectivity index is 1.62. The first-order valence-electron chi connectivity index (χ1n) is 9.89. The molecule has 1 aromatic heterocycles. The summed E-state index contributed by atoms with van der Waals surface area (Å²) in [6, 6.07) is 11.9. The third-order valence-corrected chi connectivity index (χ3v) is 5.57. The molecule has 0 radical (unpaired) electrons. The fraction of sp³-hybridized carbons (Fsp3) is 0.273. The Bertz CT molecular complexity index is 1130. The molecule has 1 aliphatic heterocycles. The standard InChI is InChI=1S/C22H20ClF3N4O2/c1-12(31)14-3-2-4-16(9-14)27-21(32)18-11-20-28-17(13-5-7-15(23)8-6-13)10-19(22(24,25)26)30(20)29-18/h2-9,11-12,17,19,28,31H,10H2,1H3,(H,27,32)/t12-,17+,19-/m1/s1. The second-order valence-corrected chi connectivity index (χ2v) is 8.09. The molecule has 4 rings (SSSR count). The number of carbonyl (C=O) groups excluding carboxylic acids is 1. The summed E-state index contributed by atoms with van der Waals surface area (Å²) in [6.45, 7) is 1.59. The van der Waals surface area contributed by atoms with E-state index in [0.717, 1.165) is 4.68 Å². The number of aliphatic hydroxyl groups is 1. The average molecular weight is 465 g/mol. The molecule has 1 amide bonds. The van der Waals surface area contributed by atoms with E-state index in [0.29, 0.717) is 21.8 Å². The molecule has 0 fully saturated rings. The highest BCUT2D eigenvalue weighted by atomic mass is 35.5. The number of rotatable bonds is 4. The van der Waals surface area contributed by atoms with Crippen LogP contribution in [0.3, 0.4) is 0 Å². The SMILES string of the molecule is C[C@@H](O)c1cccc(NC(=O)c2cc3n(n2)[C@@H](C(F)(F)F)C[C@@H](c2ccc(Cl)cc2)N3)c1. The highest BCUT2D eigenvalue weighted by Crippen LogP contribution is 2.43. The van der Waals surface area contributed by atoms with Crippen molar-refractivity contribution in [2.24, 2.45) is 0 Å². The van der Waals surface area contributed by atoms with E-state index in [4.69, 9.17) is 11.6 Å². The van der Waals surface area contributed by atoms with Crippen LogP contribution in [-0.4, -0.2) is 27.0 Å². The summed E-state index contributed by atoms with van der Waals surface area (Å²) < 4.78 is 42.3. The molecule has 10 heteroatoms. The van der Waals surface area contributed by atoms with Crippen LogP contribution in [0.25, 0.3) is 0 Å². The van der Waals surface area contributed by atoms with E-state index in [1.807, 2.05) is 0 Å². The van der Waals surface area contributed by atoms with E-state index < -0.39 is 30.3 Å². The summed E-state index contributed by atoms with van der Waals surface area (Å²) in [5.74, 6) is -0.554. The summed E-state index contributed by atoms with van der Waals surface area (Å²) in [6.07, 6.45) is -5.56. The maximum Gasteiger partial charge on any atom is 0.410 e. The van der Waals surface area contributed by atoms with Crippen LogP contribution < -0.4 is 10.6 Å². The molecule has 32 heavy (non-hydrogen) atoms. The molecular formula is C22H20ClF3N4O2. The predicted octanol–water partition coefficient (Wildman–Crippen LogP) is 5.50. The number of aromatic nitrogens is 2. The highest BCUT2D eigenvalue weighted by molar-refractivity contribution is 6.30. The fourth-order valence-corrected chi connectivity index (χ4v) is 3.80. The number of fused-ring (bicyclic) bond motifs is 1. The van der Waals surface area contributed by atoms with Crippen molar-refractivity contribution < 1.29 is 23.1 Å². The number of anilines is 2. The van der Waals surface area contributed by atoms with Gasteiger partial charge in [0.25, 0.3) is 5.91 Å². The number of alkyl halides is 3. The minimum Gasteiger partial charge on any atom is -0.389 e. The maximum absolute atomic E-state index is 13.8. The van der Waals surface area contributed by atoms with Gasteiger partial charge in [0, 0.05) is 23.2 Å². The maximum atomic E-state index is 13.8. The largest absolute Gasteiger partial charge is 0.410 e. The summed E-state index contributed by atoms with van der Waals surface area (Å²) in [7, 11) is 0. The molecule has 1 aliphatic rings. The van der Waals surface area contributed by atoms with Crippen LogP contribution in [0.2, 0.25) is 5.02 Å². The Morgan fingerprint density at radius 3 is 2.62 bits per heavy atom. The van der Waals surface area contributed by atoms with Crippen molar-refractivity contribution in [3.05, 3.63) is 76.4 Å². The Kier molecular flexibility index (Phi) is 5.87. The molecule has 3 atom stereocenters. The van der Waals surface area contributed by atoms with Crippen LogP contribution in [0.1, 0.15) is 53.1 Å². The van der Waals surface area contributed by atoms with Gasteiger partial charge in [-0.3, -0.25) is 4.79 Å². The van der Waals surface area contributed by atoms with Gasteiger partial charge in [-0.2, -0.15) is 18.3 Å². The van der Waals surface area contributed by atoms with Gasteiger partial charge in [-0.15, -0.1) is 0 Å². The zero-order valence-corrected chi connectivity index (χ0v) is 17.7. The lowest BCUT2D eigenvalue weighted by molar-refractivity contribution is -0.173. The van der Waals surface area contributed by atoms with Gasteiger partial charge in [-0.1, -0.05) is 35.9 Å². The quantitative estimate of drug-likeness (QED) is 0.476. The van der Waals surface area contributed by atoms with Gasteiger partial charge in [0.1, 0.15) is 5.82 Å². The lowest BCUT2D eigenvalue weighted by Gasteiger charge is -2.33. The number of nitrogens with zero attached hydrogens (tertiary/aromatic N) is 2. The Hall–Kier alpha value is -3.04. The van der Waals surface area contributed by atoms with Crippen molar-refractivity contribution in [3.8, 4) is 0 Å². The number of nitrogens with one attached hydrogen (secondary N) is 2. The fourth-order valence-electron chi connectivity index (χ4n) is 3.67. The Labute approximate surface area is 187 Å². The predicted molar refractivity (Wildman–Crippen MR) is 115 cm³/mol. The van der Waals surface area contributed by atoms with Crippen molar-refractivity contribution in [2.75, 3.05) is 10.6 Å². The second kappa shape index (κ2) is 8.48. The molecule has 0 bridgehead atoms. The summed E-state index contributed by atoms with van der Waals surface area (Å²) in [5.41, 5.74) is 1.49. The molecular weight excluding hydrogens is 445 g/mol. The molecule has 0 aliphatic carbocycles. The normalized spacial score (nSPS) is 19.1. The van der Waals surface area contributed by atoms with E-state index in [1.165, 1.54) is 6.07 Å². The van der Waals surface area contributed by atoms with E-state index in [1.54, 1.807) is 55.5 Å². The van der Waals surface area contributed by atoms with E-state index >= 15 is 0 Å². The Morgan fingerprint density at radius 2 is 1.97 bits per heavy atom. The van der Waals surface area contributed by atoms with Gasteiger partial charge in [0.2, 0.25) is 0 Å². The molecule has 0 saturated carbocycles. The van der Waals surface area contributed by atoms with Gasteiger partial charge < -0.3 is 15.7 Å². The zero-order valence-electron chi connectivity index (χ0n) is 16.9. The lowest BCUT2D eigenvalue weighted by atomic mass is 9.97. The van der Waals surface area contributed by atoms with E-state index in [-0.39, 0.29) is 17.9 Å². The number of halogens is 4. The summed E-state index contributed by atoms with van der Waals surface area (Å²) >= 11 is 5.89. The Morgan fingerprint density at radius 1 is 1.25 bits per heavy atom. The molecule has 6 nitrogen and oxygen atoms in total. The molecule has 0 unspecified atom stereocenters. The first kappa shape index (κ1) is 22.2. The van der Waals surface area contributed by atoms with Crippen LogP contribution >= 0.6 is 11.6 Å². The van der Waals surface area contributed by atoms with E-state index in [9.17, 15) is 23.1 Å². The topological polar surface area (TPSA) is 79.2 Å². The third-order valence-electron chi connectivity index (χ3n) is 5.32. The van der Waals surface area contributed by atoms with Crippen LogP contribution in [-0.2, 0) is 0 Å². The molecule has 0 saturated heterocycles. The smallest absolute Gasteiger partial charge is 0.389 e.